The van der Waals surface area contributed by atoms with E-state index in [1.165, 1.54) is 6.92 Å². The Kier molecular flexibility index (Phi) is 12.3. The van der Waals surface area contributed by atoms with E-state index < -0.39 is 58.1 Å². The highest BCUT2D eigenvalue weighted by Gasteiger charge is 2.56. The van der Waals surface area contributed by atoms with Crippen molar-refractivity contribution in [1.29, 1.82) is 0 Å². The van der Waals surface area contributed by atoms with Gasteiger partial charge in [-0.1, -0.05) is 55.7 Å². The maximum Gasteiger partial charge on any atom is 0.330 e. The molecule has 1 fully saturated rings. The molecule has 1 aliphatic heterocycles. The maximum atomic E-state index is 12.4. The lowest BCUT2D eigenvalue weighted by Gasteiger charge is -2.28. The second kappa shape index (κ2) is 13.9. The van der Waals surface area contributed by atoms with Crippen molar-refractivity contribution in [3.8, 4) is 0 Å². The molecular weight excluding hydrogens is 616 g/mol. The summed E-state index contributed by atoms with van der Waals surface area (Å²) < 4.78 is 21.6. The summed E-state index contributed by atoms with van der Waals surface area (Å²) in [6, 6.07) is 0.159. The number of nitrogens with one attached hydrogen (secondary N) is 2. The van der Waals surface area contributed by atoms with Gasteiger partial charge in [0.15, 0.2) is 15.7 Å². The van der Waals surface area contributed by atoms with Crippen LogP contribution in [-0.4, -0.2) is 73.4 Å². The number of ether oxygens (including phenoxy) is 2. The standard InChI is InChI=1S/C22H34Cl2N3O9PS2/c1-12(2)35-17(30)13(3)26-37(38,33-9-10-39-19(31)21(4,5)6)34-11-14-16(29)22(23,24)18(36-14)27-8-7-15(28)25-20(27)32/h7-8,12-14,16,18,29H,9-11H2,1-6H3,(H,26,38)(H,25,28,32)/t13-,14+,16+,18+,37+/m0/s1. The molecule has 1 aromatic rings. The summed E-state index contributed by atoms with van der Waals surface area (Å²) in [7, 11) is 0. The van der Waals surface area contributed by atoms with E-state index in [-0.39, 0.29) is 30.2 Å². The number of thioether (sulfide) groups is 1. The number of aromatic amines is 1. The van der Waals surface area contributed by atoms with Crippen molar-refractivity contribution in [2.75, 3.05) is 19.0 Å². The fraction of sp³-hybridized carbons (Fsp3) is 0.727. The zero-order chi connectivity index (χ0) is 29.8. The van der Waals surface area contributed by atoms with Gasteiger partial charge in [-0.25, -0.2) is 9.88 Å². The van der Waals surface area contributed by atoms with Crippen molar-refractivity contribution in [2.24, 2.45) is 5.41 Å². The van der Waals surface area contributed by atoms with Crippen LogP contribution in [0.4, 0.5) is 0 Å². The Bertz CT molecular complexity index is 1190. The smallest absolute Gasteiger partial charge is 0.330 e. The summed E-state index contributed by atoms with van der Waals surface area (Å²) in [6.45, 7) is 6.52. The molecule has 39 heavy (non-hydrogen) atoms. The molecule has 0 amide bonds. The molecule has 2 heterocycles. The van der Waals surface area contributed by atoms with E-state index in [1.54, 1.807) is 34.6 Å². The summed E-state index contributed by atoms with van der Waals surface area (Å²) >= 11 is 19.4. The third kappa shape index (κ3) is 9.63. The molecule has 3 N–H and O–H groups in total. The van der Waals surface area contributed by atoms with Crippen LogP contribution < -0.4 is 16.3 Å². The quantitative estimate of drug-likeness (QED) is 0.132. The number of halogens is 2. The van der Waals surface area contributed by atoms with Gasteiger partial charge in [0.05, 0.1) is 19.3 Å². The number of alkyl halides is 2. The van der Waals surface area contributed by atoms with Crippen LogP contribution in [0.15, 0.2) is 21.9 Å². The van der Waals surface area contributed by atoms with Crippen LogP contribution in [0.5, 0.6) is 0 Å². The minimum atomic E-state index is -3.44. The first kappa shape index (κ1) is 34.4. The fourth-order valence-corrected chi connectivity index (χ4v) is 7.00. The topological polar surface area (TPSA) is 158 Å². The predicted octanol–water partition coefficient (Wildman–Crippen LogP) is 2.46. The number of nitrogens with zero attached hydrogens (tertiary/aromatic N) is 1. The number of esters is 1. The van der Waals surface area contributed by atoms with Crippen LogP contribution >= 0.6 is 41.6 Å². The van der Waals surface area contributed by atoms with Gasteiger partial charge in [-0.3, -0.25) is 23.9 Å². The molecule has 0 aliphatic carbocycles. The van der Waals surface area contributed by atoms with Crippen LogP contribution in [0, 0.1) is 5.41 Å². The largest absolute Gasteiger partial charge is 0.462 e. The van der Waals surface area contributed by atoms with Crippen molar-refractivity contribution in [3.63, 3.8) is 0 Å². The Morgan fingerprint density at radius 2 is 1.95 bits per heavy atom. The van der Waals surface area contributed by atoms with Crippen molar-refractivity contribution >= 4 is 64.5 Å². The van der Waals surface area contributed by atoms with Gasteiger partial charge in [0.1, 0.15) is 18.2 Å². The van der Waals surface area contributed by atoms with E-state index in [4.69, 9.17) is 53.5 Å². The van der Waals surface area contributed by atoms with Crippen LogP contribution in [0.25, 0.3) is 0 Å². The molecule has 12 nitrogen and oxygen atoms in total. The lowest BCUT2D eigenvalue weighted by atomic mass is 10.00. The van der Waals surface area contributed by atoms with Gasteiger partial charge in [-0.2, -0.15) is 0 Å². The van der Waals surface area contributed by atoms with Gasteiger partial charge in [-0.15, -0.1) is 0 Å². The first-order chi connectivity index (χ1) is 17.9. The minimum absolute atomic E-state index is 0.0150. The molecule has 1 aromatic heterocycles. The Hall–Kier alpha value is -0.800. The van der Waals surface area contributed by atoms with Gasteiger partial charge >= 0.3 is 11.7 Å². The minimum Gasteiger partial charge on any atom is -0.462 e. The number of rotatable bonds is 12. The third-order valence-corrected chi connectivity index (χ3v) is 9.87. The molecule has 5 atom stereocenters. The second-order valence-electron chi connectivity index (χ2n) is 10.0. The number of aliphatic hydroxyl groups excluding tert-OH is 1. The van der Waals surface area contributed by atoms with Gasteiger partial charge in [0.25, 0.3) is 12.2 Å². The van der Waals surface area contributed by atoms with Crippen LogP contribution in [0.2, 0.25) is 0 Å². The number of carbonyl (C=O) groups is 2. The van der Waals surface area contributed by atoms with E-state index in [9.17, 15) is 24.3 Å². The molecule has 0 radical (unpaired) electrons. The normalized spacial score (nSPS) is 23.4. The van der Waals surface area contributed by atoms with Gasteiger partial charge in [0.2, 0.25) is 0 Å². The molecule has 0 bridgehead atoms. The monoisotopic (exact) mass is 649 g/mol. The molecule has 1 saturated heterocycles. The molecule has 0 spiro atoms. The highest BCUT2D eigenvalue weighted by atomic mass is 35.5. The molecule has 0 unspecified atom stereocenters. The summed E-state index contributed by atoms with van der Waals surface area (Å²) in [5, 5.41) is 13.6. The molecule has 17 heteroatoms. The molecule has 222 valence electrons. The van der Waals surface area contributed by atoms with E-state index in [0.29, 0.717) is 0 Å². The average molecular weight is 651 g/mol. The van der Waals surface area contributed by atoms with E-state index in [0.717, 1.165) is 28.6 Å². The van der Waals surface area contributed by atoms with E-state index in [1.807, 2.05) is 0 Å². The second-order valence-corrected chi connectivity index (χ2v) is 15.7. The number of aromatic nitrogens is 2. The summed E-state index contributed by atoms with van der Waals surface area (Å²) in [6.07, 6.45) is -3.32. The number of H-pyrrole nitrogens is 1. The van der Waals surface area contributed by atoms with Crippen molar-refractivity contribution in [2.45, 2.75) is 76.5 Å². The fourth-order valence-electron chi connectivity index (χ4n) is 3.13. The molecule has 2 rings (SSSR count). The van der Waals surface area contributed by atoms with Crippen molar-refractivity contribution in [1.82, 2.24) is 14.6 Å². The maximum absolute atomic E-state index is 12.4. The highest BCUT2D eigenvalue weighted by molar-refractivity contribution is 8.13. The van der Waals surface area contributed by atoms with Crippen molar-refractivity contribution in [3.05, 3.63) is 33.1 Å². The van der Waals surface area contributed by atoms with Gasteiger partial charge in [0, 0.05) is 23.4 Å². The number of aliphatic hydroxyl groups is 1. The van der Waals surface area contributed by atoms with Gasteiger partial charge in [-0.05, 0) is 32.6 Å². The van der Waals surface area contributed by atoms with Gasteiger partial charge < -0.3 is 23.6 Å². The molecular formula is C22H34Cl2N3O9PS2. The number of hydrogen-bond acceptors (Lipinski definition) is 11. The highest BCUT2D eigenvalue weighted by Crippen LogP contribution is 2.49. The SMILES string of the molecule is CC(C)OC(=O)[C@H](C)N[P@@](=S)(OCCSC(=O)C(C)(C)C)OC[C@H]1O[C@@H](n2ccc(=O)[nH]c2=O)C(Cl)(Cl)[C@@H]1O. The first-order valence-electron chi connectivity index (χ1n) is 11.9. The lowest BCUT2D eigenvalue weighted by molar-refractivity contribution is -0.149. The van der Waals surface area contributed by atoms with Crippen LogP contribution in [-0.2, 0) is 39.9 Å². The summed E-state index contributed by atoms with van der Waals surface area (Å²) in [5.41, 5.74) is -2.02. The zero-order valence-corrected chi connectivity index (χ0v) is 26.4. The summed E-state index contributed by atoms with van der Waals surface area (Å²) in [5.74, 6) is -0.310. The van der Waals surface area contributed by atoms with Crippen LogP contribution in [0.1, 0.15) is 47.8 Å². The Morgan fingerprint density at radius 1 is 1.31 bits per heavy atom. The predicted molar refractivity (Wildman–Crippen MR) is 153 cm³/mol. The third-order valence-electron chi connectivity index (χ3n) is 5.14. The zero-order valence-electron chi connectivity index (χ0n) is 22.3. The Balaban J connectivity index is 2.16. The molecule has 1 aliphatic rings. The molecule has 0 aromatic carbocycles. The van der Waals surface area contributed by atoms with Crippen LogP contribution in [0.3, 0.4) is 0 Å². The Labute approximate surface area is 245 Å². The Morgan fingerprint density at radius 3 is 2.51 bits per heavy atom. The summed E-state index contributed by atoms with van der Waals surface area (Å²) in [4.78, 5) is 50.3. The molecule has 0 saturated carbocycles. The first-order valence-corrected chi connectivity index (χ1v) is 16.3. The van der Waals surface area contributed by atoms with Crippen molar-refractivity contribution < 1.29 is 33.2 Å². The number of carbonyl (C=O) groups excluding carboxylic acids is 2. The lowest BCUT2D eigenvalue weighted by Crippen LogP contribution is -2.41. The van der Waals surface area contributed by atoms with E-state index in [2.05, 4.69) is 10.1 Å². The number of hydrogen-bond donors (Lipinski definition) is 3. The average Bonchev–Trinajstić information content (AvgIpc) is 3.03. The van der Waals surface area contributed by atoms with E-state index >= 15 is 0 Å².